The van der Waals surface area contributed by atoms with Crippen LogP contribution in [-0.4, -0.2) is 30.1 Å². The fourth-order valence-electron chi connectivity index (χ4n) is 0.678. The first-order chi connectivity index (χ1) is 5.70. The van der Waals surface area contributed by atoms with Crippen molar-refractivity contribution in [3.8, 4) is 0 Å². The Morgan fingerprint density at radius 3 is 2.58 bits per heavy atom. The molecular weight excluding hydrogens is 160 g/mol. The minimum Gasteiger partial charge on any atom is -0.464 e. The van der Waals surface area contributed by atoms with E-state index in [2.05, 4.69) is 4.74 Å². The van der Waals surface area contributed by atoms with Gasteiger partial charge in [-0.1, -0.05) is 6.92 Å². The highest BCUT2D eigenvalue weighted by molar-refractivity contribution is 5.78. The third kappa shape index (κ3) is 5.85. The van der Waals surface area contributed by atoms with E-state index in [1.807, 2.05) is 0 Å². The fraction of sp³-hybridized carbons (Fsp3) is 0.750. The molecule has 4 heteroatoms. The van der Waals surface area contributed by atoms with Crippen LogP contribution in [0.3, 0.4) is 0 Å². The average Bonchev–Trinajstić information content (AvgIpc) is 2.11. The van der Waals surface area contributed by atoms with E-state index in [9.17, 15) is 9.59 Å². The molecule has 0 amide bonds. The third-order valence-corrected chi connectivity index (χ3v) is 1.39. The summed E-state index contributed by atoms with van der Waals surface area (Å²) in [6.45, 7) is 1.41. The highest BCUT2D eigenvalue weighted by atomic mass is 16.5. The minimum atomic E-state index is -0.640. The summed E-state index contributed by atoms with van der Waals surface area (Å²) < 4.78 is 4.54. The lowest BCUT2D eigenvalue weighted by atomic mass is 10.2. The molecule has 0 rings (SSSR count). The number of Topliss-reactive ketones (excluding diaryl/α,β-unsaturated/α-hetero) is 1. The van der Waals surface area contributed by atoms with Crippen LogP contribution in [0.2, 0.25) is 0 Å². The summed E-state index contributed by atoms with van der Waals surface area (Å²) in [6.07, 6.45) is 1.50. The third-order valence-electron chi connectivity index (χ3n) is 1.39. The second-order valence-electron chi connectivity index (χ2n) is 2.37. The number of hydrogen-bond acceptors (Lipinski definition) is 4. The van der Waals surface area contributed by atoms with Crippen LogP contribution in [0.4, 0.5) is 0 Å². The molecule has 0 aliphatic heterocycles. The molecule has 1 N–H and O–H groups in total. The van der Waals surface area contributed by atoms with Crippen molar-refractivity contribution < 1.29 is 19.4 Å². The molecule has 70 valence electrons. The van der Waals surface area contributed by atoms with Gasteiger partial charge >= 0.3 is 5.97 Å². The van der Waals surface area contributed by atoms with Crippen LogP contribution in [0.1, 0.15) is 26.2 Å². The number of carbonyl (C=O) groups is 2. The van der Waals surface area contributed by atoms with Gasteiger partial charge < -0.3 is 9.84 Å². The predicted molar refractivity (Wildman–Crippen MR) is 42.6 cm³/mol. The molecule has 0 aromatic carbocycles. The molecule has 0 saturated heterocycles. The zero-order chi connectivity index (χ0) is 9.40. The lowest BCUT2D eigenvalue weighted by Crippen LogP contribution is -2.10. The van der Waals surface area contributed by atoms with E-state index in [4.69, 9.17) is 5.11 Å². The summed E-state index contributed by atoms with van der Waals surface area (Å²) >= 11 is 0. The van der Waals surface area contributed by atoms with Crippen molar-refractivity contribution in [2.24, 2.45) is 0 Å². The van der Waals surface area contributed by atoms with E-state index in [-0.39, 0.29) is 12.4 Å². The first-order valence-electron chi connectivity index (χ1n) is 3.99. The van der Waals surface area contributed by atoms with Crippen LogP contribution >= 0.6 is 0 Å². The van der Waals surface area contributed by atoms with E-state index in [0.717, 1.165) is 0 Å². The summed E-state index contributed by atoms with van der Waals surface area (Å²) in [5.41, 5.74) is 0. The van der Waals surface area contributed by atoms with Gasteiger partial charge in [0.05, 0.1) is 6.61 Å². The van der Waals surface area contributed by atoms with Gasteiger partial charge in [-0.25, -0.2) is 4.79 Å². The molecular formula is C8H14O4. The van der Waals surface area contributed by atoms with E-state index < -0.39 is 12.6 Å². The van der Waals surface area contributed by atoms with Crippen molar-refractivity contribution in [1.82, 2.24) is 0 Å². The van der Waals surface area contributed by atoms with Crippen LogP contribution in [-0.2, 0) is 14.3 Å². The number of carbonyl (C=O) groups excluding carboxylic acids is 2. The number of ether oxygens (including phenoxy) is 1. The van der Waals surface area contributed by atoms with Gasteiger partial charge in [-0.15, -0.1) is 0 Å². The van der Waals surface area contributed by atoms with Crippen molar-refractivity contribution in [3.63, 3.8) is 0 Å². The van der Waals surface area contributed by atoms with Gasteiger partial charge in [-0.05, 0) is 6.42 Å². The lowest BCUT2D eigenvalue weighted by Gasteiger charge is -2.00. The van der Waals surface area contributed by atoms with Crippen LogP contribution in [0.25, 0.3) is 0 Å². The summed E-state index contributed by atoms with van der Waals surface area (Å²) in [5, 5.41) is 8.25. The summed E-state index contributed by atoms with van der Waals surface area (Å²) in [7, 11) is 0. The Kier molecular flexibility index (Phi) is 6.28. The zero-order valence-electron chi connectivity index (χ0n) is 7.21. The predicted octanol–water partition coefficient (Wildman–Crippen LogP) is 0.281. The number of hydrogen-bond donors (Lipinski definition) is 1. The normalized spacial score (nSPS) is 9.50. The molecule has 0 radical (unpaired) electrons. The maximum atomic E-state index is 10.7. The molecule has 0 heterocycles. The fourth-order valence-corrected chi connectivity index (χ4v) is 0.678. The van der Waals surface area contributed by atoms with Crippen molar-refractivity contribution >= 4 is 11.8 Å². The van der Waals surface area contributed by atoms with E-state index >= 15 is 0 Å². The summed E-state index contributed by atoms with van der Waals surface area (Å²) in [6, 6.07) is 0. The Morgan fingerprint density at radius 2 is 2.08 bits per heavy atom. The molecule has 12 heavy (non-hydrogen) atoms. The topological polar surface area (TPSA) is 63.6 Å². The van der Waals surface area contributed by atoms with Crippen LogP contribution in [0, 0.1) is 0 Å². The zero-order valence-corrected chi connectivity index (χ0v) is 7.21. The Morgan fingerprint density at radius 1 is 1.42 bits per heavy atom. The maximum Gasteiger partial charge on any atom is 0.331 e. The molecule has 0 saturated carbocycles. The van der Waals surface area contributed by atoms with E-state index in [0.29, 0.717) is 19.3 Å². The molecule has 0 aromatic rings. The van der Waals surface area contributed by atoms with Gasteiger partial charge in [-0.3, -0.25) is 4.79 Å². The number of aliphatic hydroxyl groups is 1. The van der Waals surface area contributed by atoms with Gasteiger partial charge in [0.2, 0.25) is 0 Å². The maximum absolute atomic E-state index is 10.7. The molecule has 0 bridgehead atoms. The second kappa shape index (κ2) is 6.79. The van der Waals surface area contributed by atoms with Crippen molar-refractivity contribution in [1.29, 1.82) is 0 Å². The lowest BCUT2D eigenvalue weighted by molar-refractivity contribution is -0.147. The molecule has 0 fully saturated rings. The minimum absolute atomic E-state index is 0.162. The number of rotatable bonds is 6. The van der Waals surface area contributed by atoms with E-state index in [1.54, 1.807) is 6.92 Å². The summed E-state index contributed by atoms with van der Waals surface area (Å²) in [5.74, 6) is -0.478. The molecule has 0 unspecified atom stereocenters. The molecule has 0 aromatic heterocycles. The van der Waals surface area contributed by atoms with Crippen LogP contribution in [0.15, 0.2) is 0 Å². The quantitative estimate of drug-likeness (QED) is 0.464. The van der Waals surface area contributed by atoms with Crippen molar-refractivity contribution in [3.05, 3.63) is 0 Å². The summed E-state index contributed by atoms with van der Waals surface area (Å²) in [4.78, 5) is 21.1. The Hall–Kier alpha value is -0.900. The average molecular weight is 174 g/mol. The van der Waals surface area contributed by atoms with Gasteiger partial charge in [0.15, 0.2) is 0 Å². The molecule has 0 spiro atoms. The first-order valence-corrected chi connectivity index (χ1v) is 3.99. The van der Waals surface area contributed by atoms with Gasteiger partial charge in [-0.2, -0.15) is 0 Å². The Labute approximate surface area is 71.5 Å². The highest BCUT2D eigenvalue weighted by Gasteiger charge is 2.01. The Bertz CT molecular complexity index is 135. The molecule has 0 atom stereocenters. The van der Waals surface area contributed by atoms with E-state index in [1.165, 1.54) is 0 Å². The van der Waals surface area contributed by atoms with Gasteiger partial charge in [0.1, 0.15) is 12.4 Å². The highest BCUT2D eigenvalue weighted by Crippen LogP contribution is 1.95. The monoisotopic (exact) mass is 174 g/mol. The number of esters is 1. The molecule has 0 aliphatic carbocycles. The van der Waals surface area contributed by atoms with Crippen LogP contribution in [0.5, 0.6) is 0 Å². The molecule has 0 aliphatic rings. The smallest absolute Gasteiger partial charge is 0.331 e. The molecule has 4 nitrogen and oxygen atoms in total. The number of ketones is 1. The number of aliphatic hydroxyl groups excluding tert-OH is 1. The standard InChI is InChI=1S/C8H14O4/c1-2-7(10)4-3-5-12-8(11)6-9/h9H,2-6H2,1H3. The SMILES string of the molecule is CCC(=O)CCCOC(=O)CO. The van der Waals surface area contributed by atoms with Crippen molar-refractivity contribution in [2.75, 3.05) is 13.2 Å². The largest absolute Gasteiger partial charge is 0.464 e. The van der Waals surface area contributed by atoms with Gasteiger partial charge in [0.25, 0.3) is 0 Å². The van der Waals surface area contributed by atoms with Crippen LogP contribution < -0.4 is 0 Å². The first kappa shape index (κ1) is 11.1. The Balaban J connectivity index is 3.21. The van der Waals surface area contributed by atoms with Crippen molar-refractivity contribution in [2.45, 2.75) is 26.2 Å². The van der Waals surface area contributed by atoms with Gasteiger partial charge in [0, 0.05) is 12.8 Å². The second-order valence-corrected chi connectivity index (χ2v) is 2.37.